The Hall–Kier alpha value is -3.76. The van der Waals surface area contributed by atoms with Gasteiger partial charge in [0.2, 0.25) is 0 Å². The zero-order valence-corrected chi connectivity index (χ0v) is 25.9. The molecular formula is C37H45NO7. The molecule has 0 aromatic heterocycles. The Morgan fingerprint density at radius 3 is 1.11 bits per heavy atom. The average Bonchev–Trinajstić information content (AvgIpc) is 3.09. The first kappa shape index (κ1) is 34.1. The van der Waals surface area contributed by atoms with Crippen LogP contribution in [0.4, 0.5) is 5.69 Å². The van der Waals surface area contributed by atoms with Crippen LogP contribution in [0.1, 0.15) is 16.7 Å². The van der Waals surface area contributed by atoms with Gasteiger partial charge >= 0.3 is 0 Å². The number of nitrogens with two attached hydrogens (primary N) is 1. The van der Waals surface area contributed by atoms with Crippen LogP contribution >= 0.6 is 0 Å². The quantitative estimate of drug-likeness (QED) is 0.0642. The van der Waals surface area contributed by atoms with Crippen molar-refractivity contribution >= 4 is 5.69 Å². The van der Waals surface area contributed by atoms with Gasteiger partial charge in [-0.25, -0.2) is 0 Å². The fourth-order valence-electron chi connectivity index (χ4n) is 4.83. The van der Waals surface area contributed by atoms with E-state index in [9.17, 15) is 0 Å². The number of hydrogen-bond acceptors (Lipinski definition) is 8. The molecule has 8 nitrogen and oxygen atoms in total. The lowest BCUT2D eigenvalue weighted by atomic mass is 9.80. The fraction of sp³-hybridized carbons (Fsp3) is 0.351. The monoisotopic (exact) mass is 615 g/mol. The first-order chi connectivity index (χ1) is 22.3. The third-order valence-corrected chi connectivity index (χ3v) is 6.98. The van der Waals surface area contributed by atoms with Crippen LogP contribution in [0.3, 0.4) is 0 Å². The Morgan fingerprint density at radius 1 is 0.378 bits per heavy atom. The van der Waals surface area contributed by atoms with Crippen LogP contribution in [0.2, 0.25) is 0 Å². The lowest BCUT2D eigenvalue weighted by molar-refractivity contribution is -0.0392. The number of rotatable bonds is 23. The SMILES string of the molecule is Nc1ccccc1OCCOCCOCCOCCOCCOCCOC(c1ccccc1)(c1ccccc1)c1ccccc1. The minimum absolute atomic E-state index is 0.420. The fourth-order valence-corrected chi connectivity index (χ4v) is 4.83. The van der Waals surface area contributed by atoms with Crippen LogP contribution in [0, 0.1) is 0 Å². The summed E-state index contributed by atoms with van der Waals surface area (Å²) < 4.78 is 40.4. The molecule has 4 aromatic carbocycles. The first-order valence-electron chi connectivity index (χ1n) is 15.5. The lowest BCUT2D eigenvalue weighted by Crippen LogP contribution is -2.34. The molecule has 4 aromatic rings. The number of ether oxygens (including phenoxy) is 7. The molecule has 0 saturated carbocycles. The van der Waals surface area contributed by atoms with E-state index in [2.05, 4.69) is 36.4 Å². The molecule has 240 valence electrons. The minimum atomic E-state index is -0.745. The largest absolute Gasteiger partial charge is 0.489 e. The lowest BCUT2D eigenvalue weighted by Gasteiger charge is -2.36. The maximum Gasteiger partial charge on any atom is 0.143 e. The number of para-hydroxylation sites is 2. The predicted molar refractivity (Wildman–Crippen MR) is 176 cm³/mol. The van der Waals surface area contributed by atoms with E-state index >= 15 is 0 Å². The molecule has 0 atom stereocenters. The number of benzene rings is 4. The van der Waals surface area contributed by atoms with Gasteiger partial charge in [-0.2, -0.15) is 0 Å². The Morgan fingerprint density at radius 2 is 0.711 bits per heavy atom. The van der Waals surface area contributed by atoms with Crippen LogP contribution in [-0.4, -0.2) is 79.3 Å². The van der Waals surface area contributed by atoms with Crippen molar-refractivity contribution in [1.82, 2.24) is 0 Å². The highest BCUT2D eigenvalue weighted by Gasteiger charge is 2.37. The predicted octanol–water partition coefficient (Wildman–Crippen LogP) is 5.74. The van der Waals surface area contributed by atoms with E-state index in [1.807, 2.05) is 72.8 Å². The highest BCUT2D eigenvalue weighted by molar-refractivity contribution is 5.51. The zero-order chi connectivity index (χ0) is 31.3. The highest BCUT2D eigenvalue weighted by atomic mass is 16.6. The van der Waals surface area contributed by atoms with Crippen LogP contribution in [0.15, 0.2) is 115 Å². The third-order valence-electron chi connectivity index (χ3n) is 6.98. The Kier molecular flexibility index (Phi) is 15.4. The standard InChI is InChI=1S/C37H45NO7/c38-35-18-10-11-19-36(35)44-30-28-42-26-24-40-22-20-39-21-23-41-25-27-43-29-31-45-37(32-12-4-1-5-13-32,33-14-6-2-7-15-33)34-16-8-3-9-17-34/h1-19H,20-31,38H2. The van der Waals surface area contributed by atoms with Gasteiger partial charge in [-0.3, -0.25) is 0 Å². The topological polar surface area (TPSA) is 90.6 Å². The smallest absolute Gasteiger partial charge is 0.143 e. The van der Waals surface area contributed by atoms with Crippen molar-refractivity contribution in [3.63, 3.8) is 0 Å². The van der Waals surface area contributed by atoms with E-state index in [1.165, 1.54) is 0 Å². The van der Waals surface area contributed by atoms with Crippen molar-refractivity contribution in [2.24, 2.45) is 0 Å². The number of hydrogen-bond donors (Lipinski definition) is 1. The van der Waals surface area contributed by atoms with E-state index in [-0.39, 0.29) is 0 Å². The van der Waals surface area contributed by atoms with Crippen molar-refractivity contribution < 1.29 is 33.2 Å². The van der Waals surface area contributed by atoms with Gasteiger partial charge < -0.3 is 38.9 Å². The molecule has 45 heavy (non-hydrogen) atoms. The molecule has 0 bridgehead atoms. The summed E-state index contributed by atoms with van der Waals surface area (Å²) in [7, 11) is 0. The Labute approximate surface area is 266 Å². The summed E-state index contributed by atoms with van der Waals surface area (Å²) in [5, 5.41) is 0. The summed E-state index contributed by atoms with van der Waals surface area (Å²) in [5.74, 6) is 0.671. The van der Waals surface area contributed by atoms with Gasteiger partial charge in [0, 0.05) is 0 Å². The van der Waals surface area contributed by atoms with Crippen LogP contribution < -0.4 is 10.5 Å². The number of anilines is 1. The van der Waals surface area contributed by atoms with Gasteiger partial charge in [-0.1, -0.05) is 103 Å². The van der Waals surface area contributed by atoms with Crippen molar-refractivity contribution in [2.75, 3.05) is 85.0 Å². The van der Waals surface area contributed by atoms with E-state index < -0.39 is 5.60 Å². The molecule has 0 fully saturated rings. The van der Waals surface area contributed by atoms with Gasteiger partial charge in [0.25, 0.3) is 0 Å². The van der Waals surface area contributed by atoms with Gasteiger partial charge in [0.05, 0.1) is 78.4 Å². The van der Waals surface area contributed by atoms with Crippen LogP contribution in [0.5, 0.6) is 5.75 Å². The summed E-state index contributed by atoms with van der Waals surface area (Å²) >= 11 is 0. The highest BCUT2D eigenvalue weighted by Crippen LogP contribution is 2.40. The van der Waals surface area contributed by atoms with E-state index in [0.29, 0.717) is 90.7 Å². The van der Waals surface area contributed by atoms with Crippen LogP contribution in [0.25, 0.3) is 0 Å². The second-order valence-corrected chi connectivity index (χ2v) is 10.1. The zero-order valence-electron chi connectivity index (χ0n) is 25.9. The van der Waals surface area contributed by atoms with Crippen molar-refractivity contribution in [3.05, 3.63) is 132 Å². The molecule has 8 heteroatoms. The summed E-state index contributed by atoms with van der Waals surface area (Å²) in [6, 6.07) is 38.4. The molecule has 0 heterocycles. The van der Waals surface area contributed by atoms with Crippen molar-refractivity contribution in [1.29, 1.82) is 0 Å². The van der Waals surface area contributed by atoms with Gasteiger partial charge in [-0.05, 0) is 28.8 Å². The molecule has 0 aliphatic rings. The van der Waals surface area contributed by atoms with E-state index in [4.69, 9.17) is 38.9 Å². The maximum atomic E-state index is 6.72. The van der Waals surface area contributed by atoms with Crippen molar-refractivity contribution in [2.45, 2.75) is 5.60 Å². The van der Waals surface area contributed by atoms with Gasteiger partial charge in [0.1, 0.15) is 18.0 Å². The molecule has 4 rings (SSSR count). The van der Waals surface area contributed by atoms with E-state index in [1.54, 1.807) is 6.07 Å². The molecular weight excluding hydrogens is 570 g/mol. The molecule has 0 saturated heterocycles. The minimum Gasteiger partial charge on any atom is -0.489 e. The molecule has 2 N–H and O–H groups in total. The summed E-state index contributed by atoms with van der Waals surface area (Å²) in [5.41, 5.74) is 8.92. The Bertz CT molecular complexity index is 1210. The molecule has 0 spiro atoms. The van der Waals surface area contributed by atoms with Gasteiger partial charge in [-0.15, -0.1) is 0 Å². The summed E-state index contributed by atoms with van der Waals surface area (Å²) in [6.07, 6.45) is 0. The van der Waals surface area contributed by atoms with E-state index in [0.717, 1.165) is 16.7 Å². The van der Waals surface area contributed by atoms with Crippen LogP contribution in [-0.2, 0) is 34.0 Å². The summed E-state index contributed by atoms with van der Waals surface area (Å²) in [4.78, 5) is 0. The second kappa shape index (κ2) is 20.3. The third kappa shape index (κ3) is 11.3. The Balaban J connectivity index is 1.03. The normalized spacial score (nSPS) is 11.5. The first-order valence-corrected chi connectivity index (χ1v) is 15.5. The maximum absolute atomic E-state index is 6.72. The molecule has 0 aliphatic heterocycles. The van der Waals surface area contributed by atoms with Crippen molar-refractivity contribution in [3.8, 4) is 5.75 Å². The second-order valence-electron chi connectivity index (χ2n) is 10.1. The van der Waals surface area contributed by atoms with Gasteiger partial charge in [0.15, 0.2) is 0 Å². The average molecular weight is 616 g/mol. The molecule has 0 unspecified atom stereocenters. The molecule has 0 amide bonds. The summed E-state index contributed by atoms with van der Waals surface area (Å²) in [6.45, 7) is 5.72. The number of nitrogen functional groups attached to an aromatic ring is 1. The molecule has 0 aliphatic carbocycles. The molecule has 0 radical (unpaired) electrons.